The first kappa shape index (κ1) is 13.7. The molecular weight excluding hydrogens is 283 g/mol. The molecule has 0 unspecified atom stereocenters. The van der Waals surface area contributed by atoms with Gasteiger partial charge in [0.2, 0.25) is 0 Å². The highest BCUT2D eigenvalue weighted by Crippen LogP contribution is 2.23. The molecule has 0 saturated carbocycles. The number of rotatable bonds is 3. The summed E-state index contributed by atoms with van der Waals surface area (Å²) in [6, 6.07) is 12.3. The lowest BCUT2D eigenvalue weighted by molar-refractivity contribution is 0.0951. The minimum absolute atomic E-state index is 0.263. The van der Waals surface area contributed by atoms with Gasteiger partial charge in [0.15, 0.2) is 0 Å². The van der Waals surface area contributed by atoms with Crippen LogP contribution in [0.2, 0.25) is 10.0 Å². The molecule has 0 atom stereocenters. The summed E-state index contributed by atoms with van der Waals surface area (Å²) in [4.78, 5) is 12.0. The summed E-state index contributed by atoms with van der Waals surface area (Å²) < 4.78 is 0. The predicted molar refractivity (Wildman–Crippen MR) is 78.5 cm³/mol. The van der Waals surface area contributed by atoms with E-state index in [1.54, 1.807) is 24.3 Å². The number of carbonyl (C=O) groups excluding carboxylic acids is 1. The van der Waals surface area contributed by atoms with Crippen LogP contribution in [0.15, 0.2) is 42.5 Å². The lowest BCUT2D eigenvalue weighted by Gasteiger charge is -2.09. The molecule has 0 aliphatic heterocycles. The summed E-state index contributed by atoms with van der Waals surface area (Å²) in [5.41, 5.74) is 7.24. The zero-order valence-electron chi connectivity index (χ0n) is 9.99. The first-order valence-corrected chi connectivity index (χ1v) is 6.41. The van der Waals surface area contributed by atoms with E-state index < -0.39 is 0 Å². The third-order valence-electron chi connectivity index (χ3n) is 2.67. The Labute approximate surface area is 121 Å². The monoisotopic (exact) mass is 294 g/mol. The van der Waals surface area contributed by atoms with Gasteiger partial charge in [0.25, 0.3) is 5.91 Å². The maximum absolute atomic E-state index is 12.0. The summed E-state index contributed by atoms with van der Waals surface area (Å²) in [5.74, 6) is -0.280. The van der Waals surface area contributed by atoms with Gasteiger partial charge in [0.1, 0.15) is 0 Å². The average molecular weight is 295 g/mol. The molecule has 0 fully saturated rings. The highest BCUT2D eigenvalue weighted by Gasteiger charge is 2.12. The molecule has 2 aromatic carbocycles. The Hall–Kier alpha value is -1.71. The van der Waals surface area contributed by atoms with E-state index in [1.165, 1.54) is 0 Å². The fourth-order valence-corrected chi connectivity index (χ4v) is 2.05. The van der Waals surface area contributed by atoms with Gasteiger partial charge in [-0.15, -0.1) is 0 Å². The van der Waals surface area contributed by atoms with Crippen LogP contribution in [0.4, 0.5) is 5.69 Å². The van der Waals surface area contributed by atoms with Crippen molar-refractivity contribution in [1.29, 1.82) is 0 Å². The number of carbonyl (C=O) groups is 1. The van der Waals surface area contributed by atoms with E-state index in [0.717, 1.165) is 5.56 Å². The van der Waals surface area contributed by atoms with Gasteiger partial charge in [0.05, 0.1) is 16.3 Å². The molecule has 0 aliphatic carbocycles. The molecule has 0 spiro atoms. The maximum atomic E-state index is 12.0. The summed E-state index contributed by atoms with van der Waals surface area (Å²) in [6.07, 6.45) is 0. The van der Waals surface area contributed by atoms with E-state index in [1.807, 2.05) is 18.2 Å². The van der Waals surface area contributed by atoms with Gasteiger partial charge in [-0.1, -0.05) is 47.5 Å². The smallest absolute Gasteiger partial charge is 0.253 e. The van der Waals surface area contributed by atoms with Crippen LogP contribution < -0.4 is 11.1 Å². The number of nitrogens with two attached hydrogens (primary N) is 1. The van der Waals surface area contributed by atoms with Crippen LogP contribution in [0.5, 0.6) is 0 Å². The molecule has 0 radical (unpaired) electrons. The quantitative estimate of drug-likeness (QED) is 0.851. The molecule has 98 valence electrons. The first-order valence-electron chi connectivity index (χ1n) is 5.65. The SMILES string of the molecule is Nc1cccc(C(=O)NCc2ccccc2Cl)c1Cl. The standard InChI is InChI=1S/C14H12Cl2N2O/c15-11-6-2-1-4-9(11)8-18-14(19)10-5-3-7-12(17)13(10)16/h1-7H,8,17H2,(H,18,19). The lowest BCUT2D eigenvalue weighted by atomic mass is 10.1. The van der Waals surface area contributed by atoms with Crippen molar-refractivity contribution in [1.82, 2.24) is 5.32 Å². The molecular formula is C14H12Cl2N2O. The number of nitrogen functional groups attached to an aromatic ring is 1. The highest BCUT2D eigenvalue weighted by molar-refractivity contribution is 6.36. The van der Waals surface area contributed by atoms with E-state index >= 15 is 0 Å². The summed E-state index contributed by atoms with van der Waals surface area (Å²) >= 11 is 12.0. The van der Waals surface area contributed by atoms with E-state index in [4.69, 9.17) is 28.9 Å². The maximum Gasteiger partial charge on any atom is 0.253 e. The molecule has 1 amide bonds. The van der Waals surface area contributed by atoms with Gasteiger partial charge in [-0.2, -0.15) is 0 Å². The fraction of sp³-hybridized carbons (Fsp3) is 0.0714. The molecule has 0 saturated heterocycles. The van der Waals surface area contributed by atoms with Crippen molar-refractivity contribution in [2.45, 2.75) is 6.54 Å². The molecule has 0 heterocycles. The fourth-order valence-electron chi connectivity index (χ4n) is 1.64. The third kappa shape index (κ3) is 3.19. The third-order valence-corrected chi connectivity index (χ3v) is 3.46. The van der Waals surface area contributed by atoms with Crippen LogP contribution in [-0.4, -0.2) is 5.91 Å². The molecule has 3 nitrogen and oxygen atoms in total. The number of hydrogen-bond donors (Lipinski definition) is 2. The van der Waals surface area contributed by atoms with Crippen molar-refractivity contribution >= 4 is 34.8 Å². The average Bonchev–Trinajstić information content (AvgIpc) is 2.40. The predicted octanol–water partition coefficient (Wildman–Crippen LogP) is 3.51. The van der Waals surface area contributed by atoms with Gasteiger partial charge in [0, 0.05) is 11.6 Å². The second-order valence-corrected chi connectivity index (χ2v) is 4.77. The van der Waals surface area contributed by atoms with Crippen molar-refractivity contribution in [2.24, 2.45) is 0 Å². The highest BCUT2D eigenvalue weighted by atomic mass is 35.5. The van der Waals surface area contributed by atoms with Crippen molar-refractivity contribution in [3.63, 3.8) is 0 Å². The minimum Gasteiger partial charge on any atom is -0.398 e. The Kier molecular flexibility index (Phi) is 4.30. The first-order chi connectivity index (χ1) is 9.09. The summed E-state index contributed by atoms with van der Waals surface area (Å²) in [5, 5.41) is 3.64. The van der Waals surface area contributed by atoms with Gasteiger partial charge in [-0.25, -0.2) is 0 Å². The Morgan fingerprint density at radius 2 is 1.84 bits per heavy atom. The van der Waals surface area contributed by atoms with Crippen molar-refractivity contribution in [3.05, 3.63) is 63.6 Å². The van der Waals surface area contributed by atoms with Crippen LogP contribution in [0.25, 0.3) is 0 Å². The topological polar surface area (TPSA) is 55.1 Å². The summed E-state index contributed by atoms with van der Waals surface area (Å²) in [6.45, 7) is 0.337. The summed E-state index contributed by atoms with van der Waals surface area (Å²) in [7, 11) is 0. The number of nitrogens with one attached hydrogen (secondary N) is 1. The van der Waals surface area contributed by atoms with Crippen molar-refractivity contribution in [3.8, 4) is 0 Å². The Morgan fingerprint density at radius 3 is 2.58 bits per heavy atom. The van der Waals surface area contributed by atoms with Crippen LogP contribution in [-0.2, 0) is 6.54 Å². The number of benzene rings is 2. The molecule has 5 heteroatoms. The van der Waals surface area contributed by atoms with Crippen LogP contribution in [0.3, 0.4) is 0 Å². The largest absolute Gasteiger partial charge is 0.398 e. The number of amides is 1. The zero-order chi connectivity index (χ0) is 13.8. The van der Waals surface area contributed by atoms with Crippen LogP contribution in [0, 0.1) is 0 Å². The zero-order valence-corrected chi connectivity index (χ0v) is 11.5. The van der Waals surface area contributed by atoms with Crippen molar-refractivity contribution in [2.75, 3.05) is 5.73 Å². The molecule has 0 bridgehead atoms. The minimum atomic E-state index is -0.280. The van der Waals surface area contributed by atoms with Gasteiger partial charge in [-0.3, -0.25) is 4.79 Å². The molecule has 2 rings (SSSR count). The number of anilines is 1. The normalized spacial score (nSPS) is 10.2. The van der Waals surface area contributed by atoms with Gasteiger partial charge >= 0.3 is 0 Å². The van der Waals surface area contributed by atoms with Gasteiger partial charge < -0.3 is 11.1 Å². The molecule has 2 aromatic rings. The van der Waals surface area contributed by atoms with Crippen molar-refractivity contribution < 1.29 is 4.79 Å². The van der Waals surface area contributed by atoms with Crippen LogP contribution >= 0.6 is 23.2 Å². The lowest BCUT2D eigenvalue weighted by Crippen LogP contribution is -2.23. The molecule has 19 heavy (non-hydrogen) atoms. The van der Waals surface area contributed by atoms with Crippen LogP contribution in [0.1, 0.15) is 15.9 Å². The molecule has 3 N–H and O–H groups in total. The van der Waals surface area contributed by atoms with Gasteiger partial charge in [-0.05, 0) is 23.8 Å². The van der Waals surface area contributed by atoms with E-state index in [9.17, 15) is 4.79 Å². The second kappa shape index (κ2) is 5.95. The second-order valence-electron chi connectivity index (χ2n) is 3.98. The van der Waals surface area contributed by atoms with E-state index in [2.05, 4.69) is 5.32 Å². The Morgan fingerprint density at radius 1 is 1.11 bits per heavy atom. The Bertz CT molecular complexity index is 614. The van der Waals surface area contributed by atoms with E-state index in [0.29, 0.717) is 22.8 Å². The Balaban J connectivity index is 2.10. The molecule has 0 aliphatic rings. The van der Waals surface area contributed by atoms with E-state index in [-0.39, 0.29) is 10.9 Å². The number of hydrogen-bond acceptors (Lipinski definition) is 2. The molecule has 0 aromatic heterocycles. The number of halogens is 2.